The lowest BCUT2D eigenvalue weighted by molar-refractivity contribution is 0.256. The van der Waals surface area contributed by atoms with Gasteiger partial charge < -0.3 is 10.7 Å². The predicted octanol–water partition coefficient (Wildman–Crippen LogP) is 2.23. The second kappa shape index (κ2) is 7.32. The van der Waals surface area contributed by atoms with E-state index in [1.54, 1.807) is 0 Å². The van der Waals surface area contributed by atoms with Crippen molar-refractivity contribution in [2.24, 2.45) is 5.10 Å². The summed E-state index contributed by atoms with van der Waals surface area (Å²) < 4.78 is 0. The summed E-state index contributed by atoms with van der Waals surface area (Å²) in [4.78, 5) is 11.7. The number of urea groups is 1. The van der Waals surface area contributed by atoms with E-state index < -0.39 is 0 Å². The number of carbonyl (C=O) groups excluding carboxylic acids is 1. The van der Waals surface area contributed by atoms with Gasteiger partial charge in [-0.3, -0.25) is 5.32 Å². The third-order valence-corrected chi connectivity index (χ3v) is 2.49. The van der Waals surface area contributed by atoms with Crippen LogP contribution in [0.25, 0.3) is 0 Å². The van der Waals surface area contributed by atoms with Crippen LogP contribution in [-0.4, -0.2) is 18.9 Å². The van der Waals surface area contributed by atoms with Crippen LogP contribution >= 0.6 is 0 Å². The standard InChI is InChI=1S/C13H20N4O/c1-4-11-8-6-7-10(3)12(11)17-13(18)14-9-16-15-5-2/h6-9,15H,4-5H2,1-3H3,(H2,14,16,17,18). The number of benzene rings is 1. The number of para-hydroxylation sites is 1. The average molecular weight is 248 g/mol. The molecule has 0 bridgehead atoms. The maximum Gasteiger partial charge on any atom is 0.324 e. The van der Waals surface area contributed by atoms with Gasteiger partial charge in [-0.05, 0) is 31.4 Å². The molecule has 98 valence electrons. The Morgan fingerprint density at radius 2 is 2.17 bits per heavy atom. The van der Waals surface area contributed by atoms with E-state index >= 15 is 0 Å². The summed E-state index contributed by atoms with van der Waals surface area (Å²) >= 11 is 0. The molecule has 0 saturated heterocycles. The van der Waals surface area contributed by atoms with Crippen LogP contribution in [0.1, 0.15) is 25.0 Å². The Morgan fingerprint density at radius 1 is 1.39 bits per heavy atom. The molecule has 5 nitrogen and oxygen atoms in total. The van der Waals surface area contributed by atoms with Gasteiger partial charge in [0.25, 0.3) is 0 Å². The summed E-state index contributed by atoms with van der Waals surface area (Å²) in [5, 5.41) is 9.17. The number of aryl methyl sites for hydroxylation is 2. The second-order valence-corrected chi connectivity index (χ2v) is 3.83. The molecule has 0 atom stereocenters. The summed E-state index contributed by atoms with van der Waals surface area (Å²) in [6, 6.07) is 5.68. The lowest BCUT2D eigenvalue weighted by Crippen LogP contribution is -2.29. The molecule has 0 aliphatic rings. The minimum absolute atomic E-state index is 0.291. The fraction of sp³-hybridized carbons (Fsp3) is 0.385. The normalized spacial score (nSPS) is 10.4. The maximum atomic E-state index is 11.7. The van der Waals surface area contributed by atoms with E-state index in [2.05, 4.69) is 28.1 Å². The van der Waals surface area contributed by atoms with Crippen molar-refractivity contribution in [1.29, 1.82) is 0 Å². The van der Waals surface area contributed by atoms with E-state index in [9.17, 15) is 4.79 Å². The first kappa shape index (κ1) is 14.0. The van der Waals surface area contributed by atoms with Crippen molar-refractivity contribution >= 4 is 18.1 Å². The van der Waals surface area contributed by atoms with Crippen molar-refractivity contribution < 1.29 is 4.79 Å². The molecule has 0 aliphatic heterocycles. The highest BCUT2D eigenvalue weighted by Gasteiger charge is 2.06. The van der Waals surface area contributed by atoms with E-state index in [0.29, 0.717) is 0 Å². The Bertz CT molecular complexity index is 429. The van der Waals surface area contributed by atoms with Crippen molar-refractivity contribution in [3.05, 3.63) is 29.3 Å². The zero-order chi connectivity index (χ0) is 13.4. The van der Waals surface area contributed by atoms with E-state index in [4.69, 9.17) is 0 Å². The zero-order valence-electron chi connectivity index (χ0n) is 11.1. The summed E-state index contributed by atoms with van der Waals surface area (Å²) in [5.74, 6) is 0. The first-order chi connectivity index (χ1) is 8.69. The number of hydrogen-bond donors (Lipinski definition) is 3. The van der Waals surface area contributed by atoms with Crippen LogP contribution in [0.4, 0.5) is 10.5 Å². The molecule has 0 unspecified atom stereocenters. The van der Waals surface area contributed by atoms with Gasteiger partial charge in [-0.25, -0.2) is 4.79 Å². The molecule has 1 rings (SSSR count). The summed E-state index contributed by atoms with van der Waals surface area (Å²) in [7, 11) is 0. The van der Waals surface area contributed by atoms with Crippen LogP contribution in [0.3, 0.4) is 0 Å². The average Bonchev–Trinajstić information content (AvgIpc) is 2.37. The van der Waals surface area contributed by atoms with Crippen LogP contribution in [-0.2, 0) is 6.42 Å². The highest BCUT2D eigenvalue weighted by atomic mass is 16.2. The van der Waals surface area contributed by atoms with E-state index in [0.717, 1.165) is 29.8 Å². The number of hydrogen-bond acceptors (Lipinski definition) is 3. The molecule has 0 aliphatic carbocycles. The van der Waals surface area contributed by atoms with Crippen molar-refractivity contribution in [3.63, 3.8) is 0 Å². The molecule has 5 heteroatoms. The lowest BCUT2D eigenvalue weighted by Gasteiger charge is -2.12. The molecule has 0 heterocycles. The number of anilines is 1. The van der Waals surface area contributed by atoms with Crippen molar-refractivity contribution in [3.8, 4) is 0 Å². The molecule has 3 N–H and O–H groups in total. The van der Waals surface area contributed by atoms with Gasteiger partial charge in [-0.15, -0.1) is 0 Å². The van der Waals surface area contributed by atoms with Gasteiger partial charge >= 0.3 is 6.03 Å². The van der Waals surface area contributed by atoms with Crippen LogP contribution in [0.5, 0.6) is 0 Å². The van der Waals surface area contributed by atoms with Crippen LogP contribution < -0.4 is 16.1 Å². The summed E-state index contributed by atoms with van der Waals surface area (Å²) in [5.41, 5.74) is 5.77. The zero-order valence-corrected chi connectivity index (χ0v) is 11.1. The minimum atomic E-state index is -0.291. The van der Waals surface area contributed by atoms with E-state index in [1.807, 2.05) is 32.0 Å². The number of nitrogens with one attached hydrogen (secondary N) is 3. The summed E-state index contributed by atoms with van der Waals surface area (Å²) in [6.45, 7) is 6.68. The molecule has 0 radical (unpaired) electrons. The third-order valence-electron chi connectivity index (χ3n) is 2.49. The minimum Gasteiger partial charge on any atom is -0.309 e. The largest absolute Gasteiger partial charge is 0.324 e. The number of carbonyl (C=O) groups is 1. The van der Waals surface area contributed by atoms with Gasteiger partial charge in [0.05, 0.1) is 0 Å². The highest BCUT2D eigenvalue weighted by Crippen LogP contribution is 2.20. The fourth-order valence-electron chi connectivity index (χ4n) is 1.58. The van der Waals surface area contributed by atoms with Gasteiger partial charge in [-0.1, -0.05) is 25.1 Å². The van der Waals surface area contributed by atoms with E-state index in [-0.39, 0.29) is 6.03 Å². The molecular formula is C13H20N4O. The molecule has 1 aromatic rings. The Hall–Kier alpha value is -2.04. The molecule has 0 aromatic heterocycles. The number of nitrogens with zero attached hydrogens (tertiary/aromatic N) is 1. The smallest absolute Gasteiger partial charge is 0.309 e. The maximum absolute atomic E-state index is 11.7. The van der Waals surface area contributed by atoms with Gasteiger partial charge in [0.15, 0.2) is 0 Å². The van der Waals surface area contributed by atoms with Crippen LogP contribution in [0.2, 0.25) is 0 Å². The Labute approximate surface area is 108 Å². The number of rotatable bonds is 5. The van der Waals surface area contributed by atoms with Gasteiger partial charge in [-0.2, -0.15) is 5.10 Å². The van der Waals surface area contributed by atoms with Crippen LogP contribution in [0, 0.1) is 6.92 Å². The molecule has 0 saturated carbocycles. The van der Waals surface area contributed by atoms with Gasteiger partial charge in [0, 0.05) is 12.2 Å². The Balaban J connectivity index is 2.64. The number of amides is 2. The SMILES string of the molecule is CCNN=CNC(=O)Nc1c(C)cccc1CC. The van der Waals surface area contributed by atoms with Gasteiger partial charge in [0.1, 0.15) is 6.34 Å². The van der Waals surface area contributed by atoms with Crippen molar-refractivity contribution in [1.82, 2.24) is 10.7 Å². The molecule has 18 heavy (non-hydrogen) atoms. The number of hydrazone groups is 1. The third kappa shape index (κ3) is 4.08. The molecule has 0 spiro atoms. The molecule has 2 amide bonds. The monoisotopic (exact) mass is 248 g/mol. The molecule has 1 aromatic carbocycles. The topological polar surface area (TPSA) is 65.5 Å². The lowest BCUT2D eigenvalue weighted by atomic mass is 10.1. The fourth-order valence-corrected chi connectivity index (χ4v) is 1.58. The van der Waals surface area contributed by atoms with Crippen molar-refractivity contribution in [2.45, 2.75) is 27.2 Å². The Kier molecular flexibility index (Phi) is 5.70. The predicted molar refractivity (Wildman–Crippen MR) is 74.9 cm³/mol. The van der Waals surface area contributed by atoms with E-state index in [1.165, 1.54) is 6.34 Å². The summed E-state index contributed by atoms with van der Waals surface area (Å²) in [6.07, 6.45) is 2.21. The quantitative estimate of drug-likeness (QED) is 0.425. The van der Waals surface area contributed by atoms with Crippen molar-refractivity contribution in [2.75, 3.05) is 11.9 Å². The highest BCUT2D eigenvalue weighted by molar-refractivity contribution is 5.97. The molecular weight excluding hydrogens is 228 g/mol. The van der Waals surface area contributed by atoms with Gasteiger partial charge in [0.2, 0.25) is 0 Å². The first-order valence-corrected chi connectivity index (χ1v) is 6.09. The van der Waals surface area contributed by atoms with Crippen LogP contribution in [0.15, 0.2) is 23.3 Å². The Morgan fingerprint density at radius 3 is 2.83 bits per heavy atom. The second-order valence-electron chi connectivity index (χ2n) is 3.83. The first-order valence-electron chi connectivity index (χ1n) is 6.09. The molecule has 0 fully saturated rings.